The van der Waals surface area contributed by atoms with Gasteiger partial charge in [-0.25, -0.2) is 4.79 Å². The Balaban J connectivity index is 2.12. The zero-order valence-electron chi connectivity index (χ0n) is 13.6. The molecular weight excluding hydrogens is 363 g/mol. The van der Waals surface area contributed by atoms with E-state index in [0.29, 0.717) is 22.3 Å². The number of rotatable bonds is 6. The summed E-state index contributed by atoms with van der Waals surface area (Å²) >= 11 is 11.8. The normalized spacial score (nSPS) is 10.2. The number of benzene rings is 2. The van der Waals surface area contributed by atoms with Gasteiger partial charge in [-0.3, -0.25) is 4.79 Å². The minimum Gasteiger partial charge on any atom is -0.409 e. The molecule has 2 aromatic carbocycles. The summed E-state index contributed by atoms with van der Waals surface area (Å²) in [7, 11) is 0. The molecule has 0 aliphatic heterocycles. The van der Waals surface area contributed by atoms with E-state index in [1.54, 1.807) is 30.3 Å². The van der Waals surface area contributed by atoms with Gasteiger partial charge in [0.1, 0.15) is 5.75 Å². The highest BCUT2D eigenvalue weighted by Gasteiger charge is 2.16. The number of hydrogen-bond acceptors (Lipinski definition) is 3. The van der Waals surface area contributed by atoms with Crippen LogP contribution in [-0.4, -0.2) is 18.5 Å². The van der Waals surface area contributed by atoms with Crippen LogP contribution >= 0.6 is 23.2 Å². The monoisotopic (exact) mass is 380 g/mol. The van der Waals surface area contributed by atoms with Gasteiger partial charge in [0.25, 0.3) is 5.91 Å². The maximum Gasteiger partial charge on any atom is 0.412 e. The van der Waals surface area contributed by atoms with Crippen molar-refractivity contribution >= 4 is 40.9 Å². The van der Waals surface area contributed by atoms with Gasteiger partial charge in [0.05, 0.1) is 5.56 Å². The first-order valence-corrected chi connectivity index (χ1v) is 8.57. The zero-order chi connectivity index (χ0) is 18.2. The standard InChI is InChI=1S/C18H18Cl2N2O3/c1-2-3-10-21-18(24)25-16-9-6-13(20)11-15(16)17(23)22-14-7-4-12(19)5-8-14/h4-9,11H,2-3,10H2,1H3,(H,21,24)(H,22,23). The molecule has 0 bridgehead atoms. The van der Waals surface area contributed by atoms with Gasteiger partial charge in [-0.1, -0.05) is 36.5 Å². The number of ether oxygens (including phenoxy) is 1. The first kappa shape index (κ1) is 19.1. The van der Waals surface area contributed by atoms with Crippen molar-refractivity contribution in [3.05, 3.63) is 58.1 Å². The summed E-state index contributed by atoms with van der Waals surface area (Å²) < 4.78 is 5.23. The maximum atomic E-state index is 12.5. The molecule has 0 radical (unpaired) electrons. The molecule has 0 atom stereocenters. The van der Waals surface area contributed by atoms with Crippen molar-refractivity contribution in [2.45, 2.75) is 19.8 Å². The SMILES string of the molecule is CCCCNC(=O)Oc1ccc(Cl)cc1C(=O)Nc1ccc(Cl)cc1. The Labute approximate surface area is 156 Å². The van der Waals surface area contributed by atoms with Crippen LogP contribution in [0.25, 0.3) is 0 Å². The van der Waals surface area contributed by atoms with Crippen molar-refractivity contribution < 1.29 is 14.3 Å². The van der Waals surface area contributed by atoms with Gasteiger partial charge in [0.2, 0.25) is 0 Å². The molecule has 2 aromatic rings. The zero-order valence-corrected chi connectivity index (χ0v) is 15.2. The molecule has 25 heavy (non-hydrogen) atoms. The third-order valence-electron chi connectivity index (χ3n) is 3.29. The number of unbranched alkanes of at least 4 members (excludes halogenated alkanes) is 1. The van der Waals surface area contributed by atoms with Crippen LogP contribution in [0, 0.1) is 0 Å². The second-order valence-corrected chi connectivity index (χ2v) is 6.14. The molecule has 0 saturated carbocycles. The van der Waals surface area contributed by atoms with Crippen molar-refractivity contribution in [1.29, 1.82) is 0 Å². The number of hydrogen-bond donors (Lipinski definition) is 2. The minimum atomic E-state index is -0.615. The summed E-state index contributed by atoms with van der Waals surface area (Å²) in [5.41, 5.74) is 0.723. The molecule has 0 aliphatic rings. The number of halogens is 2. The number of amides is 2. The molecule has 0 spiro atoms. The maximum absolute atomic E-state index is 12.5. The number of carbonyl (C=O) groups excluding carboxylic acids is 2. The lowest BCUT2D eigenvalue weighted by atomic mass is 10.2. The number of anilines is 1. The highest BCUT2D eigenvalue weighted by atomic mass is 35.5. The molecule has 132 valence electrons. The quantitative estimate of drug-likeness (QED) is 0.682. The fourth-order valence-electron chi connectivity index (χ4n) is 2.00. The average Bonchev–Trinajstić information content (AvgIpc) is 2.58. The molecule has 0 unspecified atom stereocenters. The lowest BCUT2D eigenvalue weighted by Gasteiger charge is -2.12. The second kappa shape index (κ2) is 9.30. The topological polar surface area (TPSA) is 67.4 Å². The van der Waals surface area contributed by atoms with E-state index in [1.165, 1.54) is 12.1 Å². The van der Waals surface area contributed by atoms with Crippen LogP contribution in [-0.2, 0) is 0 Å². The largest absolute Gasteiger partial charge is 0.412 e. The molecule has 2 amide bonds. The van der Waals surface area contributed by atoms with E-state index in [-0.39, 0.29) is 11.3 Å². The molecular formula is C18H18Cl2N2O3. The Bertz CT molecular complexity index is 748. The fraction of sp³-hybridized carbons (Fsp3) is 0.222. The molecule has 0 aromatic heterocycles. The van der Waals surface area contributed by atoms with Gasteiger partial charge < -0.3 is 15.4 Å². The van der Waals surface area contributed by atoms with Crippen LogP contribution in [0.3, 0.4) is 0 Å². The van der Waals surface area contributed by atoms with Crippen molar-refractivity contribution in [2.24, 2.45) is 0 Å². The van der Waals surface area contributed by atoms with E-state index in [1.807, 2.05) is 6.92 Å². The van der Waals surface area contributed by atoms with Crippen molar-refractivity contribution in [3.63, 3.8) is 0 Å². The smallest absolute Gasteiger partial charge is 0.409 e. The van der Waals surface area contributed by atoms with Gasteiger partial charge in [-0.05, 0) is 48.9 Å². The molecule has 0 aliphatic carbocycles. The van der Waals surface area contributed by atoms with E-state index >= 15 is 0 Å². The summed E-state index contributed by atoms with van der Waals surface area (Å²) in [6.07, 6.45) is 1.19. The molecule has 0 fully saturated rings. The molecule has 2 N–H and O–H groups in total. The minimum absolute atomic E-state index is 0.130. The van der Waals surface area contributed by atoms with Gasteiger partial charge in [0, 0.05) is 22.3 Å². The van der Waals surface area contributed by atoms with Gasteiger partial charge >= 0.3 is 6.09 Å². The van der Waals surface area contributed by atoms with Crippen molar-refractivity contribution in [1.82, 2.24) is 5.32 Å². The van der Waals surface area contributed by atoms with E-state index in [2.05, 4.69) is 10.6 Å². The third kappa shape index (κ3) is 5.96. The lowest BCUT2D eigenvalue weighted by molar-refractivity contribution is 0.102. The fourth-order valence-corrected chi connectivity index (χ4v) is 2.30. The van der Waals surface area contributed by atoms with E-state index in [9.17, 15) is 9.59 Å². The van der Waals surface area contributed by atoms with E-state index < -0.39 is 12.0 Å². The van der Waals surface area contributed by atoms with Gasteiger partial charge in [-0.15, -0.1) is 0 Å². The second-order valence-electron chi connectivity index (χ2n) is 5.27. The van der Waals surface area contributed by atoms with Crippen LogP contribution in [0.4, 0.5) is 10.5 Å². The summed E-state index contributed by atoms with van der Waals surface area (Å²) in [5, 5.41) is 6.26. The van der Waals surface area contributed by atoms with Crippen LogP contribution in [0.2, 0.25) is 10.0 Å². The lowest BCUT2D eigenvalue weighted by Crippen LogP contribution is -2.28. The highest BCUT2D eigenvalue weighted by Crippen LogP contribution is 2.24. The molecule has 2 rings (SSSR count). The molecule has 0 saturated heterocycles. The predicted octanol–water partition coefficient (Wildman–Crippen LogP) is 5.13. The molecule has 0 heterocycles. The molecule has 7 heteroatoms. The number of carbonyl (C=O) groups is 2. The van der Waals surface area contributed by atoms with Crippen molar-refractivity contribution in [3.8, 4) is 5.75 Å². The number of nitrogens with one attached hydrogen (secondary N) is 2. The summed E-state index contributed by atoms with van der Waals surface area (Å²) in [6, 6.07) is 11.1. The summed E-state index contributed by atoms with van der Waals surface area (Å²) in [4.78, 5) is 24.3. The Morgan fingerprint density at radius 2 is 1.72 bits per heavy atom. The van der Waals surface area contributed by atoms with Crippen LogP contribution in [0.5, 0.6) is 5.75 Å². The van der Waals surface area contributed by atoms with Crippen molar-refractivity contribution in [2.75, 3.05) is 11.9 Å². The van der Waals surface area contributed by atoms with Crippen LogP contribution in [0.15, 0.2) is 42.5 Å². The first-order chi connectivity index (χ1) is 12.0. The van der Waals surface area contributed by atoms with Gasteiger partial charge in [0.15, 0.2) is 0 Å². The third-order valence-corrected chi connectivity index (χ3v) is 3.78. The molecule has 5 nitrogen and oxygen atoms in total. The Kier molecular flexibility index (Phi) is 7.10. The summed E-state index contributed by atoms with van der Waals surface area (Å²) in [5.74, 6) is -0.314. The van der Waals surface area contributed by atoms with Crippen LogP contribution in [0.1, 0.15) is 30.1 Å². The average molecular weight is 381 g/mol. The van der Waals surface area contributed by atoms with E-state index in [4.69, 9.17) is 27.9 Å². The van der Waals surface area contributed by atoms with Crippen LogP contribution < -0.4 is 15.4 Å². The first-order valence-electron chi connectivity index (χ1n) is 7.81. The predicted molar refractivity (Wildman–Crippen MR) is 99.8 cm³/mol. The highest BCUT2D eigenvalue weighted by molar-refractivity contribution is 6.31. The van der Waals surface area contributed by atoms with Gasteiger partial charge in [-0.2, -0.15) is 0 Å². The van der Waals surface area contributed by atoms with E-state index in [0.717, 1.165) is 12.8 Å². The Morgan fingerprint density at radius 3 is 2.40 bits per heavy atom. The Morgan fingerprint density at radius 1 is 1.04 bits per heavy atom. The summed E-state index contributed by atoms with van der Waals surface area (Å²) in [6.45, 7) is 2.53. The Hall–Kier alpha value is -2.24.